The number of hydrogen-bond acceptors (Lipinski definition) is 6. The lowest BCUT2D eigenvalue weighted by Gasteiger charge is -2.07. The average Bonchev–Trinajstić information content (AvgIpc) is 3.22. The van der Waals surface area contributed by atoms with Crippen LogP contribution in [0, 0.1) is 12.8 Å². The summed E-state index contributed by atoms with van der Waals surface area (Å²) in [4.78, 5) is 36.1. The Bertz CT molecular complexity index is 765. The second-order valence-electron chi connectivity index (χ2n) is 6.16. The van der Waals surface area contributed by atoms with E-state index in [1.165, 1.54) is 6.26 Å². The first-order valence-electron chi connectivity index (χ1n) is 8.26. The molecule has 0 aromatic carbocycles. The van der Waals surface area contributed by atoms with E-state index in [0.29, 0.717) is 27.9 Å². The number of furan rings is 1. The molecule has 2 aromatic rings. The minimum atomic E-state index is -0.593. The SMILES string of the molecule is Cc1cc(NC(=O)c2ccco2)sc1C(=O)OCC(=O)NCCC(C)C. The summed E-state index contributed by atoms with van der Waals surface area (Å²) in [6.07, 6.45) is 2.27. The maximum Gasteiger partial charge on any atom is 0.349 e. The number of amides is 2. The lowest BCUT2D eigenvalue weighted by Crippen LogP contribution is -2.30. The summed E-state index contributed by atoms with van der Waals surface area (Å²) in [6, 6.07) is 4.83. The number of esters is 1. The molecule has 2 aromatic heterocycles. The lowest BCUT2D eigenvalue weighted by atomic mass is 10.1. The quantitative estimate of drug-likeness (QED) is 0.687. The first-order valence-corrected chi connectivity index (χ1v) is 9.07. The Hall–Kier alpha value is -2.61. The van der Waals surface area contributed by atoms with Gasteiger partial charge in [0.1, 0.15) is 4.88 Å². The van der Waals surface area contributed by atoms with Gasteiger partial charge in [0, 0.05) is 6.54 Å². The number of hydrogen-bond donors (Lipinski definition) is 2. The van der Waals surface area contributed by atoms with Crippen molar-refractivity contribution in [3.8, 4) is 0 Å². The van der Waals surface area contributed by atoms with Crippen LogP contribution in [-0.2, 0) is 9.53 Å². The highest BCUT2D eigenvalue weighted by Crippen LogP contribution is 2.27. The van der Waals surface area contributed by atoms with Crippen LogP contribution in [0.3, 0.4) is 0 Å². The van der Waals surface area contributed by atoms with Crippen LogP contribution in [0.2, 0.25) is 0 Å². The number of rotatable bonds is 8. The smallest absolute Gasteiger partial charge is 0.349 e. The molecule has 0 aliphatic heterocycles. The molecule has 2 N–H and O–H groups in total. The van der Waals surface area contributed by atoms with Crippen molar-refractivity contribution in [2.75, 3.05) is 18.5 Å². The predicted molar refractivity (Wildman–Crippen MR) is 98.5 cm³/mol. The van der Waals surface area contributed by atoms with Crippen molar-refractivity contribution in [1.82, 2.24) is 5.32 Å². The number of ether oxygens (including phenoxy) is 1. The Morgan fingerprint density at radius 1 is 1.31 bits per heavy atom. The molecular formula is C18H22N2O5S. The van der Waals surface area contributed by atoms with Crippen LogP contribution < -0.4 is 10.6 Å². The van der Waals surface area contributed by atoms with Crippen LogP contribution in [0.1, 0.15) is 46.1 Å². The Labute approximate surface area is 155 Å². The van der Waals surface area contributed by atoms with Crippen molar-refractivity contribution in [2.45, 2.75) is 27.2 Å². The zero-order valence-electron chi connectivity index (χ0n) is 15.0. The van der Waals surface area contributed by atoms with Gasteiger partial charge in [-0.1, -0.05) is 13.8 Å². The van der Waals surface area contributed by atoms with Crippen molar-refractivity contribution < 1.29 is 23.5 Å². The van der Waals surface area contributed by atoms with E-state index < -0.39 is 11.9 Å². The third-order valence-electron chi connectivity index (χ3n) is 3.46. The minimum absolute atomic E-state index is 0.179. The van der Waals surface area contributed by atoms with E-state index in [4.69, 9.17) is 9.15 Å². The molecule has 0 radical (unpaired) electrons. The number of aryl methyl sites for hydroxylation is 1. The van der Waals surface area contributed by atoms with Gasteiger partial charge in [-0.15, -0.1) is 11.3 Å². The van der Waals surface area contributed by atoms with Crippen LogP contribution in [0.25, 0.3) is 0 Å². The highest BCUT2D eigenvalue weighted by Gasteiger charge is 2.18. The molecular weight excluding hydrogens is 356 g/mol. The van der Waals surface area contributed by atoms with Gasteiger partial charge in [-0.25, -0.2) is 4.79 Å². The van der Waals surface area contributed by atoms with Gasteiger partial charge in [-0.2, -0.15) is 0 Å². The van der Waals surface area contributed by atoms with Gasteiger partial charge in [-0.05, 0) is 43.0 Å². The Balaban J connectivity index is 1.86. The van der Waals surface area contributed by atoms with E-state index in [9.17, 15) is 14.4 Å². The molecule has 0 atom stereocenters. The molecule has 0 fully saturated rings. The maximum atomic E-state index is 12.2. The normalized spacial score (nSPS) is 10.6. The summed E-state index contributed by atoms with van der Waals surface area (Å²) in [5, 5.41) is 5.86. The monoisotopic (exact) mass is 378 g/mol. The van der Waals surface area contributed by atoms with Crippen molar-refractivity contribution in [1.29, 1.82) is 0 Å². The van der Waals surface area contributed by atoms with E-state index in [0.717, 1.165) is 17.8 Å². The van der Waals surface area contributed by atoms with Gasteiger partial charge >= 0.3 is 5.97 Å². The van der Waals surface area contributed by atoms with Crippen molar-refractivity contribution in [3.05, 3.63) is 40.7 Å². The molecule has 0 bridgehead atoms. The largest absolute Gasteiger partial charge is 0.459 e. The van der Waals surface area contributed by atoms with Crippen molar-refractivity contribution >= 4 is 34.1 Å². The molecule has 0 aliphatic rings. The van der Waals surface area contributed by atoms with Crippen molar-refractivity contribution in [2.24, 2.45) is 5.92 Å². The fourth-order valence-electron chi connectivity index (χ4n) is 2.08. The van der Waals surface area contributed by atoms with Gasteiger partial charge in [0.15, 0.2) is 12.4 Å². The molecule has 2 rings (SSSR count). The highest BCUT2D eigenvalue weighted by atomic mass is 32.1. The molecule has 2 heterocycles. The van der Waals surface area contributed by atoms with E-state index in [-0.39, 0.29) is 18.3 Å². The fourth-order valence-corrected chi connectivity index (χ4v) is 3.04. The Morgan fingerprint density at radius 2 is 2.08 bits per heavy atom. The Morgan fingerprint density at radius 3 is 2.73 bits per heavy atom. The summed E-state index contributed by atoms with van der Waals surface area (Å²) in [7, 11) is 0. The van der Waals surface area contributed by atoms with Crippen LogP contribution >= 0.6 is 11.3 Å². The Kier molecular flexibility index (Phi) is 6.97. The molecule has 0 saturated carbocycles. The number of carbonyl (C=O) groups is 3. The van der Waals surface area contributed by atoms with E-state index in [2.05, 4.69) is 24.5 Å². The third kappa shape index (κ3) is 5.73. The number of anilines is 1. The second-order valence-corrected chi connectivity index (χ2v) is 7.22. The summed E-state index contributed by atoms with van der Waals surface area (Å²) in [5.41, 5.74) is 0.662. The molecule has 0 saturated heterocycles. The van der Waals surface area contributed by atoms with Gasteiger partial charge in [0.05, 0.1) is 11.3 Å². The van der Waals surface area contributed by atoms with Crippen LogP contribution in [0.15, 0.2) is 28.9 Å². The van der Waals surface area contributed by atoms with Gasteiger partial charge in [0.25, 0.3) is 11.8 Å². The first-order chi connectivity index (χ1) is 12.4. The minimum Gasteiger partial charge on any atom is -0.459 e. The van der Waals surface area contributed by atoms with E-state index in [1.807, 2.05) is 0 Å². The topological polar surface area (TPSA) is 97.6 Å². The molecule has 0 spiro atoms. The molecule has 8 heteroatoms. The number of nitrogens with one attached hydrogen (secondary N) is 2. The zero-order chi connectivity index (χ0) is 19.1. The standard InChI is InChI=1S/C18H22N2O5S/c1-11(2)6-7-19-14(21)10-25-18(23)16-12(3)9-15(26-16)20-17(22)13-5-4-8-24-13/h4-5,8-9,11H,6-7,10H2,1-3H3,(H,19,21)(H,20,22). The number of carbonyl (C=O) groups excluding carboxylic acids is 3. The molecule has 0 aliphatic carbocycles. The molecule has 0 unspecified atom stereocenters. The fraction of sp³-hybridized carbons (Fsp3) is 0.389. The molecule has 26 heavy (non-hydrogen) atoms. The van der Waals surface area contributed by atoms with Crippen molar-refractivity contribution in [3.63, 3.8) is 0 Å². The first kappa shape index (κ1) is 19.7. The van der Waals surface area contributed by atoms with Gasteiger partial charge in [-0.3, -0.25) is 9.59 Å². The van der Waals surface area contributed by atoms with E-state index in [1.54, 1.807) is 25.1 Å². The van der Waals surface area contributed by atoms with Gasteiger partial charge < -0.3 is 19.8 Å². The summed E-state index contributed by atoms with van der Waals surface area (Å²) >= 11 is 1.09. The zero-order valence-corrected chi connectivity index (χ0v) is 15.8. The highest BCUT2D eigenvalue weighted by molar-refractivity contribution is 7.18. The van der Waals surface area contributed by atoms with Crippen LogP contribution in [0.4, 0.5) is 5.00 Å². The second kappa shape index (κ2) is 9.19. The lowest BCUT2D eigenvalue weighted by molar-refractivity contribution is -0.124. The third-order valence-corrected chi connectivity index (χ3v) is 4.60. The van der Waals surface area contributed by atoms with Crippen LogP contribution in [0.5, 0.6) is 0 Å². The summed E-state index contributed by atoms with van der Waals surface area (Å²) in [5.74, 6) is -0.662. The summed E-state index contributed by atoms with van der Waals surface area (Å²) < 4.78 is 10.1. The summed E-state index contributed by atoms with van der Waals surface area (Å²) in [6.45, 7) is 6.08. The maximum absolute atomic E-state index is 12.2. The van der Waals surface area contributed by atoms with Gasteiger partial charge in [0.2, 0.25) is 0 Å². The number of thiophene rings is 1. The molecule has 140 valence electrons. The predicted octanol–water partition coefficient (Wildman–Crippen LogP) is 3.22. The van der Waals surface area contributed by atoms with Crippen LogP contribution in [-0.4, -0.2) is 30.9 Å². The average molecular weight is 378 g/mol. The molecule has 2 amide bonds. The molecule has 7 nitrogen and oxygen atoms in total. The van der Waals surface area contributed by atoms with E-state index >= 15 is 0 Å².